The van der Waals surface area contributed by atoms with E-state index in [9.17, 15) is 0 Å². The second kappa shape index (κ2) is 8.61. The Bertz CT molecular complexity index is 772. The molecular weight excluding hydrogens is 439 g/mol. The van der Waals surface area contributed by atoms with Gasteiger partial charge in [-0.1, -0.05) is 18.2 Å². The number of aryl methyl sites for hydroxylation is 1. The first-order valence-corrected chi connectivity index (χ1v) is 9.50. The van der Waals surface area contributed by atoms with E-state index in [1.165, 1.54) is 34.9 Å². The number of aliphatic imine (C=N–C) groups is 1. The summed E-state index contributed by atoms with van der Waals surface area (Å²) in [5, 5.41) is 8.27. The van der Waals surface area contributed by atoms with Crippen molar-refractivity contribution in [2.75, 3.05) is 13.1 Å². The quantitative estimate of drug-likeness (QED) is 0.358. The van der Waals surface area contributed by atoms with Crippen LogP contribution in [0.5, 0.6) is 0 Å². The summed E-state index contributed by atoms with van der Waals surface area (Å²) in [6.45, 7) is 5.90. The third-order valence-corrected chi connectivity index (χ3v) is 5.43. The van der Waals surface area contributed by atoms with Crippen LogP contribution in [-0.2, 0) is 11.2 Å². The molecule has 5 nitrogen and oxygen atoms in total. The zero-order valence-corrected chi connectivity index (χ0v) is 17.9. The maximum atomic E-state index is 5.94. The van der Waals surface area contributed by atoms with Gasteiger partial charge in [0.05, 0.1) is 18.2 Å². The number of hydrogen-bond acceptors (Lipinski definition) is 2. The van der Waals surface area contributed by atoms with Gasteiger partial charge in [0.2, 0.25) is 0 Å². The van der Waals surface area contributed by atoms with E-state index < -0.39 is 0 Å². The maximum absolute atomic E-state index is 5.94. The molecular formula is C20H29IN4O. The molecule has 2 bridgehead atoms. The van der Waals surface area contributed by atoms with E-state index in [4.69, 9.17) is 9.73 Å². The summed E-state index contributed by atoms with van der Waals surface area (Å²) in [4.78, 5) is 8.19. The number of benzene rings is 1. The highest BCUT2D eigenvalue weighted by molar-refractivity contribution is 14.0. The van der Waals surface area contributed by atoms with Crippen LogP contribution in [0.1, 0.15) is 37.3 Å². The van der Waals surface area contributed by atoms with Gasteiger partial charge in [-0.05, 0) is 50.7 Å². The van der Waals surface area contributed by atoms with E-state index in [2.05, 4.69) is 53.9 Å². The number of para-hydroxylation sites is 1. The number of nitrogens with one attached hydrogen (secondary N) is 3. The summed E-state index contributed by atoms with van der Waals surface area (Å²) >= 11 is 0. The summed E-state index contributed by atoms with van der Waals surface area (Å²) in [6.07, 6.45) is 7.39. The van der Waals surface area contributed by atoms with Crippen molar-refractivity contribution in [1.29, 1.82) is 0 Å². The molecule has 3 unspecified atom stereocenters. The molecule has 4 rings (SSSR count). The Labute approximate surface area is 172 Å². The molecule has 2 saturated heterocycles. The van der Waals surface area contributed by atoms with E-state index in [1.54, 1.807) is 0 Å². The van der Waals surface area contributed by atoms with E-state index >= 15 is 0 Å². The third kappa shape index (κ3) is 4.01. The molecule has 0 amide bonds. The van der Waals surface area contributed by atoms with Gasteiger partial charge in [0, 0.05) is 30.2 Å². The molecule has 3 heterocycles. The molecule has 6 heteroatoms. The van der Waals surface area contributed by atoms with Crippen molar-refractivity contribution in [3.63, 3.8) is 0 Å². The highest BCUT2D eigenvalue weighted by atomic mass is 127. The van der Waals surface area contributed by atoms with Gasteiger partial charge in [0.15, 0.2) is 5.96 Å². The topological polar surface area (TPSA) is 61.4 Å². The SMILES string of the molecule is CCNC(=NCCc1c[nH]c2c(C)cccc12)NC1CC2CCC1O2.I. The number of aromatic nitrogens is 1. The largest absolute Gasteiger partial charge is 0.373 e. The van der Waals surface area contributed by atoms with Gasteiger partial charge in [0.25, 0.3) is 0 Å². The lowest BCUT2D eigenvalue weighted by atomic mass is 9.96. The maximum Gasteiger partial charge on any atom is 0.191 e. The number of nitrogens with zero attached hydrogens (tertiary/aromatic N) is 1. The highest BCUT2D eigenvalue weighted by Crippen LogP contribution is 2.34. The second-order valence-electron chi connectivity index (χ2n) is 7.18. The minimum Gasteiger partial charge on any atom is -0.373 e. The molecule has 3 N–H and O–H groups in total. The Hall–Kier alpha value is -1.28. The van der Waals surface area contributed by atoms with Gasteiger partial charge >= 0.3 is 0 Å². The fourth-order valence-electron chi connectivity index (χ4n) is 4.14. The zero-order chi connectivity index (χ0) is 17.2. The van der Waals surface area contributed by atoms with Gasteiger partial charge in [-0.25, -0.2) is 0 Å². The fourth-order valence-corrected chi connectivity index (χ4v) is 4.14. The molecule has 0 saturated carbocycles. The third-order valence-electron chi connectivity index (χ3n) is 5.43. The van der Waals surface area contributed by atoms with Gasteiger partial charge < -0.3 is 20.4 Å². The first kappa shape index (κ1) is 19.5. The molecule has 0 radical (unpaired) electrons. The zero-order valence-electron chi connectivity index (χ0n) is 15.5. The predicted octanol–water partition coefficient (Wildman–Crippen LogP) is 3.51. The number of H-pyrrole nitrogens is 1. The molecule has 0 aliphatic carbocycles. The molecule has 1 aromatic heterocycles. The summed E-state index contributed by atoms with van der Waals surface area (Å²) in [5.41, 5.74) is 3.87. The van der Waals surface area contributed by atoms with Crippen LogP contribution in [-0.4, -0.2) is 42.3 Å². The van der Waals surface area contributed by atoms with Crippen LogP contribution >= 0.6 is 24.0 Å². The molecule has 0 spiro atoms. The van der Waals surface area contributed by atoms with E-state index in [0.29, 0.717) is 18.2 Å². The molecule has 2 aliphatic heterocycles. The number of fused-ring (bicyclic) bond motifs is 3. The lowest BCUT2D eigenvalue weighted by molar-refractivity contribution is 0.0992. The summed E-state index contributed by atoms with van der Waals surface area (Å²) in [7, 11) is 0. The van der Waals surface area contributed by atoms with Crippen molar-refractivity contribution in [3.05, 3.63) is 35.5 Å². The van der Waals surface area contributed by atoms with Gasteiger partial charge in [0.1, 0.15) is 0 Å². The minimum absolute atomic E-state index is 0. The van der Waals surface area contributed by atoms with E-state index in [0.717, 1.165) is 31.9 Å². The molecule has 2 aromatic rings. The van der Waals surface area contributed by atoms with Crippen molar-refractivity contribution >= 4 is 40.8 Å². The Morgan fingerprint density at radius 3 is 2.96 bits per heavy atom. The molecule has 2 aliphatic rings. The number of aromatic amines is 1. The van der Waals surface area contributed by atoms with Crippen LogP contribution in [0, 0.1) is 6.92 Å². The number of ether oxygens (including phenoxy) is 1. The molecule has 1 aromatic carbocycles. The predicted molar refractivity (Wildman–Crippen MR) is 118 cm³/mol. The van der Waals surface area contributed by atoms with Crippen molar-refractivity contribution < 1.29 is 4.74 Å². The summed E-state index contributed by atoms with van der Waals surface area (Å²) in [6, 6.07) is 6.87. The van der Waals surface area contributed by atoms with Crippen LogP contribution in [0.25, 0.3) is 10.9 Å². The number of halogens is 1. The molecule has 2 fully saturated rings. The second-order valence-corrected chi connectivity index (χ2v) is 7.18. The normalized spacial score (nSPS) is 24.7. The first-order valence-electron chi connectivity index (χ1n) is 9.50. The van der Waals surface area contributed by atoms with Gasteiger partial charge in [-0.2, -0.15) is 0 Å². The van der Waals surface area contributed by atoms with Crippen molar-refractivity contribution in [3.8, 4) is 0 Å². The van der Waals surface area contributed by atoms with Crippen LogP contribution in [0.15, 0.2) is 29.4 Å². The Balaban J connectivity index is 0.00000196. The van der Waals surface area contributed by atoms with Gasteiger partial charge in [-0.3, -0.25) is 4.99 Å². The average molecular weight is 468 g/mol. The monoisotopic (exact) mass is 468 g/mol. The lowest BCUT2D eigenvalue weighted by Crippen LogP contribution is -2.47. The molecule has 3 atom stereocenters. The summed E-state index contributed by atoms with van der Waals surface area (Å²) in [5.74, 6) is 0.916. The van der Waals surface area contributed by atoms with E-state index in [1.807, 2.05) is 0 Å². The number of guanidine groups is 1. The number of rotatable bonds is 5. The molecule has 26 heavy (non-hydrogen) atoms. The van der Waals surface area contributed by atoms with Crippen LogP contribution in [0.3, 0.4) is 0 Å². The Kier molecular flexibility index (Phi) is 6.45. The Morgan fingerprint density at radius 1 is 1.35 bits per heavy atom. The van der Waals surface area contributed by atoms with Crippen molar-refractivity contribution in [2.45, 2.75) is 57.8 Å². The Morgan fingerprint density at radius 2 is 2.23 bits per heavy atom. The van der Waals surface area contributed by atoms with Crippen LogP contribution in [0.2, 0.25) is 0 Å². The fraction of sp³-hybridized carbons (Fsp3) is 0.550. The lowest BCUT2D eigenvalue weighted by Gasteiger charge is -2.22. The van der Waals surface area contributed by atoms with E-state index in [-0.39, 0.29) is 24.0 Å². The van der Waals surface area contributed by atoms with Crippen LogP contribution in [0.4, 0.5) is 0 Å². The average Bonchev–Trinajstić information content (AvgIpc) is 3.31. The minimum atomic E-state index is 0. The molecule has 142 valence electrons. The van der Waals surface area contributed by atoms with Crippen LogP contribution < -0.4 is 10.6 Å². The van der Waals surface area contributed by atoms with Crippen molar-refractivity contribution in [2.24, 2.45) is 4.99 Å². The first-order chi connectivity index (χ1) is 12.2. The van der Waals surface area contributed by atoms with Crippen molar-refractivity contribution in [1.82, 2.24) is 15.6 Å². The number of hydrogen-bond donors (Lipinski definition) is 3. The highest BCUT2D eigenvalue weighted by Gasteiger charge is 2.41. The van der Waals surface area contributed by atoms with Gasteiger partial charge in [-0.15, -0.1) is 24.0 Å². The smallest absolute Gasteiger partial charge is 0.191 e. The summed E-state index contributed by atoms with van der Waals surface area (Å²) < 4.78 is 5.94. The standard InChI is InChI=1S/C20H28N4O.HI/c1-3-21-20(24-17-11-15-7-8-18(17)25-15)22-10-9-14-12-23-19-13(2)5-4-6-16(14)19;/h4-6,12,15,17-18,23H,3,7-11H2,1-2H3,(H2,21,22,24);1H.